The number of nitrogens with one attached hydrogen (secondary N) is 2. The van der Waals surface area contributed by atoms with E-state index in [9.17, 15) is 45.6 Å². The van der Waals surface area contributed by atoms with E-state index in [2.05, 4.69) is 19.4 Å². The predicted molar refractivity (Wildman–Crippen MR) is 424 cm³/mol. The Kier molecular flexibility index (Phi) is 18.7. The molecule has 2 N–H and O–H groups in total. The van der Waals surface area contributed by atoms with Gasteiger partial charge in [-0.3, -0.25) is 47.8 Å². The number of amides is 4. The van der Waals surface area contributed by atoms with Crippen molar-refractivity contribution in [3.8, 4) is 23.3 Å². The number of carbonyl (C=O) groups is 8. The number of allylic oxidation sites excluding steroid dienone is 4. The second-order valence-electron chi connectivity index (χ2n) is 33.9. The number of Topliss-reactive ketones (excluding diaryl/α,β-unsaturated/α-hetero) is 2. The highest BCUT2D eigenvalue weighted by atomic mass is 32.2. The predicted octanol–water partition coefficient (Wildman–Crippen LogP) is 13.4. The number of rotatable bonds is 18. The molecule has 12 rings (SSSR count). The first-order chi connectivity index (χ1) is 59.9. The van der Waals surface area contributed by atoms with E-state index in [1.807, 2.05) is 78.0 Å². The molecule has 2 aromatic heterocycles. The Bertz CT molecular complexity index is 4870. The smallest absolute Gasteiger partial charge is 0.307 e. The van der Waals surface area contributed by atoms with Crippen LogP contribution in [0.2, 0.25) is 0 Å². The summed E-state index contributed by atoms with van der Waals surface area (Å²) in [6.07, 6.45) is 10.2. The fraction of sp³-hybridized carbons (Fsp3) is 0.651. The molecular weight excluding hydrogens is 1470 g/mol. The number of ether oxygens (including phenoxy) is 6. The second-order valence-corrected chi connectivity index (χ2v) is 38.3. The summed E-state index contributed by atoms with van der Waals surface area (Å²) in [5, 5.41) is 2.66. The Labute approximate surface area is 686 Å². The van der Waals surface area contributed by atoms with Gasteiger partial charge in [0.1, 0.15) is 34.9 Å². The van der Waals surface area contributed by atoms with Crippen LogP contribution >= 0.6 is 0 Å². The summed E-state index contributed by atoms with van der Waals surface area (Å²) in [6.45, 7) is -5.73. The molecule has 612 valence electrons. The zero-order chi connectivity index (χ0) is 96.6. The number of benzene rings is 2. The van der Waals surface area contributed by atoms with Crippen LogP contribution in [0.3, 0.4) is 0 Å². The van der Waals surface area contributed by atoms with Crippen LogP contribution < -0.4 is 28.4 Å². The van der Waals surface area contributed by atoms with Crippen LogP contribution in [0.4, 0.5) is 0 Å². The average Bonchev–Trinajstić information content (AvgIpc) is 1.24. The molecule has 0 unspecified atom stereocenters. The number of pyridine rings is 2. The lowest BCUT2D eigenvalue weighted by Crippen LogP contribution is -2.48. The zero-order valence-electron chi connectivity index (χ0n) is 83.3. The highest BCUT2D eigenvalue weighted by molar-refractivity contribution is 7.92. The molecule has 112 heavy (non-hydrogen) atoms. The normalized spacial score (nSPS) is 33.1. The minimum Gasteiger partial charge on any atom is -0.491 e. The number of ketones is 2. The van der Waals surface area contributed by atoms with Crippen molar-refractivity contribution in [1.82, 2.24) is 29.2 Å². The van der Waals surface area contributed by atoms with Crippen LogP contribution in [-0.4, -0.2) is 154 Å². The minimum absolute atomic E-state index is 0.0915. The number of aromatic nitrogens is 2. The Morgan fingerprint density at radius 2 is 0.938 bits per heavy atom. The van der Waals surface area contributed by atoms with Gasteiger partial charge in [0.05, 0.1) is 82.4 Å². The Morgan fingerprint density at radius 1 is 0.562 bits per heavy atom. The van der Waals surface area contributed by atoms with Gasteiger partial charge in [0.2, 0.25) is 55.4 Å². The number of hydrogen-bond donors (Lipinski definition) is 2. The molecule has 4 aliphatic heterocycles. The minimum atomic E-state index is -4.08. The topological polar surface area (TPSA) is 317 Å². The number of sulfonamides is 2. The summed E-state index contributed by atoms with van der Waals surface area (Å²) in [5.41, 5.74) is -10.8. The Hall–Kier alpha value is -8.00. The van der Waals surface area contributed by atoms with Crippen LogP contribution in [0.25, 0.3) is 21.5 Å². The third-order valence-electron chi connectivity index (χ3n) is 23.6. The molecule has 14 atom stereocenters. The van der Waals surface area contributed by atoms with Crippen LogP contribution in [0.1, 0.15) is 251 Å². The second kappa shape index (κ2) is 33.1. The fourth-order valence-corrected chi connectivity index (χ4v) is 19.1. The molecule has 0 bridgehead atoms. The maximum Gasteiger partial charge on any atom is 0.307 e. The van der Waals surface area contributed by atoms with E-state index in [4.69, 9.17) is 53.1 Å². The zero-order valence-corrected chi connectivity index (χ0v) is 66.9. The van der Waals surface area contributed by atoms with E-state index in [-0.39, 0.29) is 74.6 Å². The molecule has 2 saturated heterocycles. The molecule has 0 radical (unpaired) electrons. The number of fused-ring (bicyclic) bond motifs is 6. The van der Waals surface area contributed by atoms with E-state index in [1.54, 1.807) is 64.1 Å². The molecule has 26 heteroatoms. The first kappa shape index (κ1) is 63.3. The van der Waals surface area contributed by atoms with Gasteiger partial charge in [0.25, 0.3) is 0 Å². The van der Waals surface area contributed by atoms with Gasteiger partial charge < -0.3 is 38.2 Å². The standard InChI is InChI=1S/2C43H59N3O9S/c2*1-26(2)53-31-13-14-33-29(20-31)15-18-44-38(33)54-32-21-35-36(47)24-43(40(50)45-56(51,52)42(8)16-17-42)23-30(43)12-10-9-11-27(3)19-28(4)34(39(49)46(35)25-32)22-37(48)55-41(5,6)7/h2*10,12-15,18,20,26-28,30,32,34-35H,9,11,16-17,19,21-25H2,1-8H3,(H,45,50)/b2*12-10-/t27-,28+,30+,32+,34-,35-,43+;27-,28-,30-,32-,34+,35+,43-/m01/s1/i2*5D3,6D3,7D3. The van der Waals surface area contributed by atoms with Gasteiger partial charge in [-0.15, -0.1) is 0 Å². The monoisotopic (exact) mass is 1600 g/mol. The highest BCUT2D eigenvalue weighted by Gasteiger charge is 2.65. The van der Waals surface area contributed by atoms with E-state index < -0.39 is 225 Å². The number of esters is 2. The third-order valence-corrected chi connectivity index (χ3v) is 27.9. The average molecular weight is 1610 g/mol. The van der Waals surface area contributed by atoms with Crippen molar-refractivity contribution in [2.75, 3.05) is 13.1 Å². The van der Waals surface area contributed by atoms with Crippen molar-refractivity contribution >= 4 is 88.7 Å². The summed E-state index contributed by atoms with van der Waals surface area (Å²) in [5.74, 6) is -11.1. The molecule has 2 aromatic carbocycles. The lowest BCUT2D eigenvalue weighted by molar-refractivity contribution is -0.160. The summed E-state index contributed by atoms with van der Waals surface area (Å²) in [4.78, 5) is 127. The molecule has 4 amide bonds. The van der Waals surface area contributed by atoms with Gasteiger partial charge in [-0.05, 0) is 255 Å². The molecule has 0 spiro atoms. The SMILES string of the molecule is [2H]C([2H])([2H])C(OC(=O)C[C@@H]1C(=O)N2C[C@H](Oc3nccc4cc(OC(C)C)ccc34)C[C@H]2C(=O)C[C@]2(C(=O)NS(=O)(=O)C3(C)CC3)C[C@H]2/C=C\CC[C@@H](C)C[C@H]1C)(C([2H])([2H])[2H])C([2H])([2H])[2H].[2H]C([2H])([2H])C(OC(=O)C[C@@H]1C(=O)N2C[C@H](Oc3nccc4cc(OC(C)C)ccc34)C[C@H]2C(=O)C[C@]2(C(=O)NS(=O)(=O)C3(C)CC3)C[C@H]2/C=C\CC[C@H](C)C[C@H]1C)(C([2H])([2H])[2H])C([2H])([2H])[2H]. The van der Waals surface area contributed by atoms with Crippen LogP contribution in [0, 0.1) is 58.2 Å². The van der Waals surface area contributed by atoms with Gasteiger partial charge in [-0.1, -0.05) is 52.0 Å². The number of carbonyl (C=O) groups excluding carboxylic acids is 8. The lowest BCUT2D eigenvalue weighted by atomic mass is 9.82. The van der Waals surface area contributed by atoms with Gasteiger partial charge in [0.15, 0.2) is 11.6 Å². The highest BCUT2D eigenvalue weighted by Crippen LogP contribution is 2.59. The first-order valence-corrected chi connectivity index (χ1v) is 41.9. The largest absolute Gasteiger partial charge is 0.491 e. The third kappa shape index (κ3) is 20.0. The summed E-state index contributed by atoms with van der Waals surface area (Å²) in [7, 11) is -8.17. The number of nitrogens with zero attached hydrogens (tertiary/aromatic N) is 4. The van der Waals surface area contributed by atoms with Gasteiger partial charge in [-0.25, -0.2) is 26.8 Å². The molecule has 6 fully saturated rings. The maximum absolute atomic E-state index is 15.1. The molecular formula is C86H118N6O18S2. The number of hydrogen-bond acceptors (Lipinski definition) is 20. The van der Waals surface area contributed by atoms with Crippen molar-refractivity contribution < 1.29 is 108 Å². The molecule has 24 nitrogen and oxygen atoms in total. The van der Waals surface area contributed by atoms with Crippen molar-refractivity contribution in [3.63, 3.8) is 0 Å². The summed E-state index contributed by atoms with van der Waals surface area (Å²) in [6, 6.07) is 11.6. The molecule has 4 aliphatic carbocycles. The van der Waals surface area contributed by atoms with Crippen molar-refractivity contribution in [2.45, 2.75) is 283 Å². The molecule has 4 aromatic rings. The Balaban J connectivity index is 0.000000251. The van der Waals surface area contributed by atoms with Crippen molar-refractivity contribution in [2.24, 2.45) is 58.2 Å². The molecule has 8 aliphatic rings. The van der Waals surface area contributed by atoms with Crippen LogP contribution in [0.15, 0.2) is 85.2 Å². The molecule has 4 saturated carbocycles. The van der Waals surface area contributed by atoms with E-state index in [0.717, 1.165) is 10.8 Å². The van der Waals surface area contributed by atoms with E-state index in [1.165, 1.54) is 22.2 Å². The van der Waals surface area contributed by atoms with Gasteiger partial charge >= 0.3 is 11.9 Å². The van der Waals surface area contributed by atoms with Crippen LogP contribution in [0.5, 0.6) is 23.3 Å². The van der Waals surface area contributed by atoms with Crippen molar-refractivity contribution in [3.05, 3.63) is 85.2 Å². The van der Waals surface area contributed by atoms with Crippen molar-refractivity contribution in [1.29, 1.82) is 0 Å². The first-order valence-electron chi connectivity index (χ1n) is 47.9. The van der Waals surface area contributed by atoms with E-state index in [0.29, 0.717) is 86.5 Å². The van der Waals surface area contributed by atoms with E-state index >= 15 is 9.59 Å². The summed E-state index contributed by atoms with van der Waals surface area (Å²) < 4.78 is 234. The van der Waals surface area contributed by atoms with Gasteiger partial charge in [0, 0.05) is 73.5 Å². The maximum atomic E-state index is 15.1. The summed E-state index contributed by atoms with van der Waals surface area (Å²) >= 11 is 0. The van der Waals surface area contributed by atoms with Crippen LogP contribution in [-0.2, 0) is 67.9 Å². The molecule has 6 heterocycles. The fourth-order valence-electron chi connectivity index (χ4n) is 16.4. The Morgan fingerprint density at radius 3 is 1.29 bits per heavy atom. The van der Waals surface area contributed by atoms with Gasteiger partial charge in [-0.2, -0.15) is 0 Å². The lowest BCUT2D eigenvalue weighted by Gasteiger charge is -2.32. The quantitative estimate of drug-likeness (QED) is 0.0690.